The van der Waals surface area contributed by atoms with Crippen molar-refractivity contribution in [2.75, 3.05) is 23.8 Å². The number of rotatable bonds is 6. The lowest BCUT2D eigenvalue weighted by atomic mass is 10.1. The van der Waals surface area contributed by atoms with Crippen molar-refractivity contribution in [1.82, 2.24) is 4.90 Å². The minimum Gasteiger partial charge on any atom is -0.478 e. The summed E-state index contributed by atoms with van der Waals surface area (Å²) in [6, 6.07) is 8.36. The zero-order chi connectivity index (χ0) is 21.1. The van der Waals surface area contributed by atoms with E-state index < -0.39 is 5.97 Å². The lowest BCUT2D eigenvalue weighted by Gasteiger charge is -2.29. The number of amides is 3. The Kier molecular flexibility index (Phi) is 5.67. The fourth-order valence-electron chi connectivity index (χ4n) is 3.15. The predicted molar refractivity (Wildman–Crippen MR) is 104 cm³/mol. The van der Waals surface area contributed by atoms with E-state index in [0.717, 1.165) is 0 Å². The maximum Gasteiger partial charge on any atom is 0.339 e. The molecule has 0 fully saturated rings. The molecule has 152 valence electrons. The Morgan fingerprint density at radius 2 is 1.97 bits per heavy atom. The zero-order valence-electron chi connectivity index (χ0n) is 16.1. The third-order valence-corrected chi connectivity index (χ3v) is 4.64. The van der Waals surface area contributed by atoms with Crippen LogP contribution in [0.5, 0.6) is 0 Å². The second-order valence-electron chi connectivity index (χ2n) is 6.78. The summed E-state index contributed by atoms with van der Waals surface area (Å²) >= 11 is 0. The van der Waals surface area contributed by atoms with Crippen LogP contribution in [0, 0.1) is 6.92 Å². The first-order valence-corrected chi connectivity index (χ1v) is 9.02. The van der Waals surface area contributed by atoms with E-state index in [0.29, 0.717) is 17.1 Å². The van der Waals surface area contributed by atoms with Gasteiger partial charge in [-0.15, -0.1) is 0 Å². The van der Waals surface area contributed by atoms with Gasteiger partial charge in [-0.25, -0.2) is 4.79 Å². The molecule has 0 spiro atoms. The van der Waals surface area contributed by atoms with Crippen molar-refractivity contribution in [3.05, 3.63) is 47.4 Å². The summed E-state index contributed by atoms with van der Waals surface area (Å²) in [4.78, 5) is 50.7. The monoisotopic (exact) mass is 399 g/mol. The van der Waals surface area contributed by atoms with E-state index in [-0.39, 0.29) is 55.0 Å². The molecule has 1 aromatic heterocycles. The van der Waals surface area contributed by atoms with Gasteiger partial charge < -0.3 is 24.6 Å². The lowest BCUT2D eigenvalue weighted by molar-refractivity contribution is -0.132. The average molecular weight is 399 g/mol. The summed E-state index contributed by atoms with van der Waals surface area (Å²) in [6.07, 6.45) is -0.0938. The fourth-order valence-corrected chi connectivity index (χ4v) is 3.15. The number of fused-ring (bicyclic) bond motifs is 1. The van der Waals surface area contributed by atoms with Gasteiger partial charge in [0, 0.05) is 19.9 Å². The highest BCUT2D eigenvalue weighted by Gasteiger charge is 2.27. The van der Waals surface area contributed by atoms with Crippen LogP contribution in [0.1, 0.15) is 34.7 Å². The molecular weight excluding hydrogens is 378 g/mol. The fraction of sp³-hybridized carbons (Fsp3) is 0.300. The normalized spacial score (nSPS) is 12.9. The molecule has 0 saturated heterocycles. The summed E-state index contributed by atoms with van der Waals surface area (Å²) in [5, 5.41) is 11.8. The van der Waals surface area contributed by atoms with Crippen LogP contribution in [0.2, 0.25) is 0 Å². The molecule has 2 heterocycles. The molecule has 0 unspecified atom stereocenters. The second kappa shape index (κ2) is 8.17. The van der Waals surface area contributed by atoms with E-state index in [9.17, 15) is 19.2 Å². The van der Waals surface area contributed by atoms with Crippen molar-refractivity contribution in [3.63, 3.8) is 0 Å². The van der Waals surface area contributed by atoms with Crippen molar-refractivity contribution in [3.8, 4) is 0 Å². The molecule has 3 amide bonds. The molecule has 0 atom stereocenters. The van der Waals surface area contributed by atoms with E-state index in [2.05, 4.69) is 5.32 Å². The standard InChI is InChI=1S/C20H21N3O6/c1-12-14(20(27)28)9-13(29-12)10-22(2)18(25)7-8-19(26)23-11-17(24)21-15-5-3-4-6-16(15)23/h3-6,9H,7-8,10-11H2,1-2H3,(H,21,24)(H,27,28). The molecular formula is C20H21N3O6. The van der Waals surface area contributed by atoms with E-state index in [1.807, 2.05) is 0 Å². The number of para-hydroxylation sites is 2. The van der Waals surface area contributed by atoms with Crippen molar-refractivity contribution >= 4 is 35.1 Å². The largest absolute Gasteiger partial charge is 0.478 e. The number of nitrogens with zero attached hydrogens (tertiary/aromatic N) is 2. The Labute approximate surface area is 166 Å². The summed E-state index contributed by atoms with van der Waals surface area (Å²) in [5.41, 5.74) is 1.21. The summed E-state index contributed by atoms with van der Waals surface area (Å²) in [7, 11) is 1.55. The molecule has 0 saturated carbocycles. The molecule has 3 rings (SSSR count). The number of aromatic carboxylic acids is 1. The summed E-state index contributed by atoms with van der Waals surface area (Å²) in [6.45, 7) is 1.54. The topological polar surface area (TPSA) is 120 Å². The van der Waals surface area contributed by atoms with E-state index in [1.54, 1.807) is 38.2 Å². The van der Waals surface area contributed by atoms with Gasteiger partial charge in [0.05, 0.1) is 17.9 Å². The number of hydrogen-bond donors (Lipinski definition) is 2. The average Bonchev–Trinajstić information content (AvgIpc) is 3.05. The van der Waals surface area contributed by atoms with Crippen LogP contribution in [0.25, 0.3) is 0 Å². The van der Waals surface area contributed by atoms with E-state index in [4.69, 9.17) is 9.52 Å². The number of carbonyl (C=O) groups is 4. The molecule has 2 aromatic rings. The highest BCUT2D eigenvalue weighted by Crippen LogP contribution is 2.29. The van der Waals surface area contributed by atoms with Crippen molar-refractivity contribution in [1.29, 1.82) is 0 Å². The number of carboxylic acid groups (broad SMARTS) is 1. The van der Waals surface area contributed by atoms with Gasteiger partial charge in [0.2, 0.25) is 17.7 Å². The summed E-state index contributed by atoms with van der Waals surface area (Å²) in [5.74, 6) is -1.38. The van der Waals surface area contributed by atoms with Crippen LogP contribution in [0.3, 0.4) is 0 Å². The van der Waals surface area contributed by atoms with Gasteiger partial charge in [-0.3, -0.25) is 14.4 Å². The van der Waals surface area contributed by atoms with Crippen molar-refractivity contribution in [2.24, 2.45) is 0 Å². The van der Waals surface area contributed by atoms with Gasteiger partial charge in [0.25, 0.3) is 0 Å². The first-order chi connectivity index (χ1) is 13.8. The Hall–Kier alpha value is -3.62. The van der Waals surface area contributed by atoms with Gasteiger partial charge in [-0.05, 0) is 25.1 Å². The molecule has 9 nitrogen and oxygen atoms in total. The predicted octanol–water partition coefficient (Wildman–Crippen LogP) is 2.01. The van der Waals surface area contributed by atoms with Crippen molar-refractivity contribution < 1.29 is 28.7 Å². The first-order valence-electron chi connectivity index (χ1n) is 9.02. The van der Waals surface area contributed by atoms with Crippen LogP contribution in [-0.2, 0) is 20.9 Å². The second-order valence-corrected chi connectivity index (χ2v) is 6.78. The number of anilines is 2. The molecule has 1 aliphatic rings. The number of furan rings is 1. The van der Waals surface area contributed by atoms with E-state index >= 15 is 0 Å². The summed E-state index contributed by atoms with van der Waals surface area (Å²) < 4.78 is 5.37. The Morgan fingerprint density at radius 1 is 1.24 bits per heavy atom. The Balaban J connectivity index is 1.59. The number of carboxylic acids is 1. The molecule has 29 heavy (non-hydrogen) atoms. The molecule has 2 N–H and O–H groups in total. The van der Waals surface area contributed by atoms with Crippen LogP contribution in [-0.4, -0.2) is 47.3 Å². The smallest absolute Gasteiger partial charge is 0.339 e. The van der Waals surface area contributed by atoms with Crippen molar-refractivity contribution in [2.45, 2.75) is 26.3 Å². The molecule has 9 heteroatoms. The maximum atomic E-state index is 12.6. The maximum absolute atomic E-state index is 12.6. The Morgan fingerprint density at radius 3 is 2.66 bits per heavy atom. The number of benzene rings is 1. The van der Waals surface area contributed by atoms with Gasteiger partial charge in [-0.1, -0.05) is 12.1 Å². The highest BCUT2D eigenvalue weighted by atomic mass is 16.4. The van der Waals surface area contributed by atoms with Gasteiger partial charge in [-0.2, -0.15) is 0 Å². The van der Waals surface area contributed by atoms with Gasteiger partial charge in [0.1, 0.15) is 23.6 Å². The minimum absolute atomic E-state index is 0.0406. The SMILES string of the molecule is Cc1oc(CN(C)C(=O)CCC(=O)N2CC(=O)Nc3ccccc32)cc1C(=O)O. The first kappa shape index (κ1) is 20.1. The number of aryl methyl sites for hydroxylation is 1. The molecule has 0 aliphatic carbocycles. The zero-order valence-corrected chi connectivity index (χ0v) is 16.1. The van der Waals surface area contributed by atoms with E-state index in [1.165, 1.54) is 15.9 Å². The number of carbonyl (C=O) groups excluding carboxylic acids is 3. The molecule has 0 radical (unpaired) electrons. The lowest BCUT2D eigenvalue weighted by Crippen LogP contribution is -2.42. The van der Waals surface area contributed by atoms with Crippen LogP contribution in [0.15, 0.2) is 34.7 Å². The third kappa shape index (κ3) is 4.45. The third-order valence-electron chi connectivity index (χ3n) is 4.64. The van der Waals surface area contributed by atoms with Gasteiger partial charge >= 0.3 is 5.97 Å². The quantitative estimate of drug-likeness (QED) is 0.767. The number of hydrogen-bond acceptors (Lipinski definition) is 5. The van der Waals surface area contributed by atoms with Gasteiger partial charge in [0.15, 0.2) is 0 Å². The minimum atomic E-state index is -1.09. The number of nitrogens with one attached hydrogen (secondary N) is 1. The Bertz CT molecular complexity index is 980. The molecule has 1 aliphatic heterocycles. The van der Waals surface area contributed by atoms with Crippen LogP contribution < -0.4 is 10.2 Å². The van der Waals surface area contributed by atoms with Crippen LogP contribution >= 0.6 is 0 Å². The van der Waals surface area contributed by atoms with Crippen LogP contribution in [0.4, 0.5) is 11.4 Å². The molecule has 0 bridgehead atoms. The molecule has 1 aromatic carbocycles. The highest BCUT2D eigenvalue weighted by molar-refractivity contribution is 6.10.